The number of para-hydroxylation sites is 1. The number of methoxy groups -OCH3 is 1. The van der Waals surface area contributed by atoms with Gasteiger partial charge in [-0.15, -0.1) is 0 Å². The smallest absolute Gasteiger partial charge is 0.325 e. The van der Waals surface area contributed by atoms with Crippen molar-refractivity contribution in [3.05, 3.63) is 102 Å². The first-order chi connectivity index (χ1) is 18.8. The maximum Gasteiger partial charge on any atom is 0.325 e. The Balaban J connectivity index is 1.36. The number of ether oxygens (including phenoxy) is 1. The number of nitrogens with one attached hydrogen (secondary N) is 1. The van der Waals surface area contributed by atoms with E-state index in [9.17, 15) is 14.4 Å². The summed E-state index contributed by atoms with van der Waals surface area (Å²) >= 11 is 0. The van der Waals surface area contributed by atoms with E-state index in [2.05, 4.69) is 5.32 Å². The molecule has 1 aromatic heterocycles. The molecule has 0 spiro atoms. The highest BCUT2D eigenvalue weighted by atomic mass is 16.5. The van der Waals surface area contributed by atoms with Gasteiger partial charge < -0.3 is 14.6 Å². The lowest BCUT2D eigenvalue weighted by Gasteiger charge is -2.22. The molecule has 1 fully saturated rings. The van der Waals surface area contributed by atoms with Crippen LogP contribution in [0.5, 0.6) is 5.75 Å². The van der Waals surface area contributed by atoms with Crippen LogP contribution in [0.2, 0.25) is 0 Å². The van der Waals surface area contributed by atoms with E-state index < -0.39 is 17.5 Å². The van der Waals surface area contributed by atoms with E-state index in [4.69, 9.17) is 4.74 Å². The number of aryl methyl sites for hydroxylation is 1. The quantitative estimate of drug-likeness (QED) is 0.233. The average molecular weight is 518 g/mol. The van der Waals surface area contributed by atoms with Crippen molar-refractivity contribution in [3.8, 4) is 17.0 Å². The Kier molecular flexibility index (Phi) is 5.72. The number of carbonyl (C=O) groups is 3. The average Bonchev–Trinajstić information content (AvgIpc) is 3.38. The molecular weight excluding hydrogens is 490 g/mol. The largest absolute Gasteiger partial charge is 0.497 e. The van der Waals surface area contributed by atoms with Crippen LogP contribution in [-0.4, -0.2) is 40.8 Å². The lowest BCUT2D eigenvalue weighted by molar-refractivity contribution is -0.130. The molecule has 194 valence electrons. The molecule has 7 heteroatoms. The van der Waals surface area contributed by atoms with E-state index in [1.165, 1.54) is 0 Å². The van der Waals surface area contributed by atoms with Crippen molar-refractivity contribution in [2.75, 3.05) is 13.7 Å². The Hall–Kier alpha value is -4.91. The number of ketones is 1. The third-order valence-corrected chi connectivity index (χ3v) is 7.63. The molecule has 1 aliphatic heterocycles. The molecule has 2 heterocycles. The minimum atomic E-state index is -1.30. The molecule has 0 radical (unpaired) electrons. The van der Waals surface area contributed by atoms with Gasteiger partial charge in [-0.1, -0.05) is 66.7 Å². The molecule has 5 aromatic rings. The summed E-state index contributed by atoms with van der Waals surface area (Å²) in [5.74, 6) is -0.0288. The van der Waals surface area contributed by atoms with Crippen LogP contribution >= 0.6 is 0 Å². The Morgan fingerprint density at radius 3 is 2.36 bits per heavy atom. The fraction of sp³-hybridized carbons (Fsp3) is 0.156. The molecule has 1 saturated heterocycles. The van der Waals surface area contributed by atoms with E-state index >= 15 is 0 Å². The zero-order valence-electron chi connectivity index (χ0n) is 21.9. The summed E-state index contributed by atoms with van der Waals surface area (Å²) in [4.78, 5) is 41.8. The Morgan fingerprint density at radius 1 is 0.897 bits per heavy atom. The first-order valence-electron chi connectivity index (χ1n) is 12.7. The number of Topliss-reactive ketones (excluding diaryl/α,β-unsaturated/α-hetero) is 1. The van der Waals surface area contributed by atoms with Crippen LogP contribution < -0.4 is 10.1 Å². The van der Waals surface area contributed by atoms with Crippen LogP contribution in [0.1, 0.15) is 22.8 Å². The second-order valence-corrected chi connectivity index (χ2v) is 9.96. The first-order valence-corrected chi connectivity index (χ1v) is 12.7. The standard InChI is InChI=1S/C32H27N3O4/c1-32(23-15-13-22-18-24(39-3)16-14-21(22)17-23)30(37)35(31(38)33-32)19-27(36)28-25-11-7-8-12-26(25)34(2)29(28)20-9-5-4-6-10-20/h4-18H,19H2,1-3H3,(H,33,38)/t32-/m0/s1. The van der Waals surface area contributed by atoms with Gasteiger partial charge in [0.05, 0.1) is 24.9 Å². The van der Waals surface area contributed by atoms with Crippen molar-refractivity contribution in [1.82, 2.24) is 14.8 Å². The number of amides is 3. The second-order valence-electron chi connectivity index (χ2n) is 9.96. The van der Waals surface area contributed by atoms with Crippen molar-refractivity contribution in [2.24, 2.45) is 7.05 Å². The third-order valence-electron chi connectivity index (χ3n) is 7.63. The number of hydrogen-bond acceptors (Lipinski definition) is 4. The van der Waals surface area contributed by atoms with Gasteiger partial charge in [0.25, 0.3) is 5.91 Å². The molecule has 0 aliphatic carbocycles. The van der Waals surface area contributed by atoms with Gasteiger partial charge in [-0.25, -0.2) is 4.79 Å². The molecule has 1 atom stereocenters. The van der Waals surface area contributed by atoms with Gasteiger partial charge in [-0.05, 0) is 53.1 Å². The molecule has 6 rings (SSSR count). The predicted octanol–water partition coefficient (Wildman–Crippen LogP) is 5.66. The molecular formula is C32H27N3O4. The van der Waals surface area contributed by atoms with Crippen molar-refractivity contribution < 1.29 is 19.1 Å². The topological polar surface area (TPSA) is 80.6 Å². The van der Waals surface area contributed by atoms with E-state index in [0.717, 1.165) is 43.6 Å². The summed E-state index contributed by atoms with van der Waals surface area (Å²) in [6, 6.07) is 28.0. The van der Waals surface area contributed by atoms with Gasteiger partial charge in [-0.3, -0.25) is 14.5 Å². The van der Waals surface area contributed by atoms with Crippen LogP contribution in [0.15, 0.2) is 91.0 Å². The summed E-state index contributed by atoms with van der Waals surface area (Å²) in [6.45, 7) is 1.31. The van der Waals surface area contributed by atoms with Crippen molar-refractivity contribution in [1.29, 1.82) is 0 Å². The van der Waals surface area contributed by atoms with Gasteiger partial charge >= 0.3 is 6.03 Å². The highest BCUT2D eigenvalue weighted by Crippen LogP contribution is 2.35. The number of hydrogen-bond donors (Lipinski definition) is 1. The van der Waals surface area contributed by atoms with Gasteiger partial charge in [0, 0.05) is 18.0 Å². The zero-order valence-corrected chi connectivity index (χ0v) is 21.9. The maximum absolute atomic E-state index is 13.9. The van der Waals surface area contributed by atoms with Crippen LogP contribution in [0.3, 0.4) is 0 Å². The van der Waals surface area contributed by atoms with Gasteiger partial charge in [0.15, 0.2) is 5.78 Å². The van der Waals surface area contributed by atoms with E-state index in [0.29, 0.717) is 11.1 Å². The fourth-order valence-corrected chi connectivity index (χ4v) is 5.53. The lowest BCUT2D eigenvalue weighted by Crippen LogP contribution is -2.41. The monoisotopic (exact) mass is 517 g/mol. The zero-order chi connectivity index (χ0) is 27.3. The molecule has 0 bridgehead atoms. The molecule has 1 N–H and O–H groups in total. The Labute approximate surface area is 225 Å². The highest BCUT2D eigenvalue weighted by Gasteiger charge is 2.49. The summed E-state index contributed by atoms with van der Waals surface area (Å²) in [7, 11) is 3.53. The number of rotatable bonds is 6. The molecule has 7 nitrogen and oxygen atoms in total. The van der Waals surface area contributed by atoms with E-state index in [1.807, 2.05) is 103 Å². The Bertz CT molecular complexity index is 1790. The summed E-state index contributed by atoms with van der Waals surface area (Å²) in [5.41, 5.74) is 2.37. The van der Waals surface area contributed by atoms with E-state index in [1.54, 1.807) is 14.0 Å². The molecule has 0 unspecified atom stereocenters. The number of nitrogens with zero attached hydrogens (tertiary/aromatic N) is 2. The normalized spacial score (nSPS) is 17.2. The van der Waals surface area contributed by atoms with Crippen LogP contribution in [0, 0.1) is 0 Å². The van der Waals surface area contributed by atoms with Crippen LogP contribution in [-0.2, 0) is 17.4 Å². The number of fused-ring (bicyclic) bond motifs is 2. The number of aromatic nitrogens is 1. The highest BCUT2D eigenvalue weighted by molar-refractivity contribution is 6.17. The van der Waals surface area contributed by atoms with Gasteiger partial charge in [0.1, 0.15) is 11.3 Å². The predicted molar refractivity (Wildman–Crippen MR) is 151 cm³/mol. The van der Waals surface area contributed by atoms with Gasteiger partial charge in [0.2, 0.25) is 0 Å². The molecule has 3 amide bonds. The van der Waals surface area contributed by atoms with Crippen LogP contribution in [0.4, 0.5) is 4.79 Å². The minimum Gasteiger partial charge on any atom is -0.497 e. The summed E-state index contributed by atoms with van der Waals surface area (Å²) in [5, 5.41) is 5.48. The number of carbonyl (C=O) groups excluding carboxylic acids is 3. The van der Waals surface area contributed by atoms with Gasteiger partial charge in [-0.2, -0.15) is 0 Å². The van der Waals surface area contributed by atoms with Crippen molar-refractivity contribution >= 4 is 39.4 Å². The molecule has 39 heavy (non-hydrogen) atoms. The second kappa shape index (κ2) is 9.13. The molecule has 4 aromatic carbocycles. The Morgan fingerprint density at radius 2 is 1.59 bits per heavy atom. The lowest BCUT2D eigenvalue weighted by atomic mass is 9.90. The fourth-order valence-electron chi connectivity index (χ4n) is 5.53. The SMILES string of the molecule is COc1ccc2cc([C@]3(C)NC(=O)N(CC(=O)c4c(-c5ccccc5)n(C)c5ccccc45)C3=O)ccc2c1. The summed E-state index contributed by atoms with van der Waals surface area (Å²) in [6.07, 6.45) is 0. The maximum atomic E-state index is 13.9. The molecule has 1 aliphatic rings. The minimum absolute atomic E-state index is 0.302. The summed E-state index contributed by atoms with van der Waals surface area (Å²) < 4.78 is 7.29. The van der Waals surface area contributed by atoms with Crippen LogP contribution in [0.25, 0.3) is 32.9 Å². The van der Waals surface area contributed by atoms with Crippen molar-refractivity contribution in [2.45, 2.75) is 12.5 Å². The molecule has 0 saturated carbocycles. The van der Waals surface area contributed by atoms with Crippen molar-refractivity contribution in [3.63, 3.8) is 0 Å². The number of urea groups is 1. The number of imide groups is 1. The third kappa shape index (κ3) is 3.85. The first kappa shape index (κ1) is 24.4. The van der Waals surface area contributed by atoms with E-state index in [-0.39, 0.29) is 12.3 Å². The number of benzene rings is 4.